The number of rotatable bonds is 0. The molecule has 0 aliphatic carbocycles. The van der Waals surface area contributed by atoms with Crippen LogP contribution in [-0.4, -0.2) is 0 Å². The predicted octanol–water partition coefficient (Wildman–Crippen LogP) is 8.18. The van der Waals surface area contributed by atoms with Crippen LogP contribution in [0.3, 0.4) is 0 Å². The van der Waals surface area contributed by atoms with E-state index in [-0.39, 0.29) is 0 Å². The molecule has 0 saturated carbocycles. The van der Waals surface area contributed by atoms with E-state index in [0.29, 0.717) is 0 Å². The molecule has 0 nitrogen and oxygen atoms in total. The molecule has 0 aliphatic heterocycles. The van der Waals surface area contributed by atoms with E-state index < -0.39 is 0 Å². The highest BCUT2D eigenvalue weighted by Crippen LogP contribution is 2.51. The normalized spacial score (nSPS) is 13.0. The topological polar surface area (TPSA) is 0 Å². The first-order chi connectivity index (χ1) is 11.6. The molecule has 0 aromatic heterocycles. The summed E-state index contributed by atoms with van der Waals surface area (Å²) in [5, 5.41) is 14.3. The van der Waals surface area contributed by atoms with Gasteiger partial charge < -0.3 is 0 Å². The molecule has 0 N–H and O–H groups in total. The van der Waals surface area contributed by atoms with Gasteiger partial charge in [0.05, 0.1) is 0 Å². The number of halogens is 4. The summed E-state index contributed by atoms with van der Waals surface area (Å²) in [5.74, 6) is 0. The summed E-state index contributed by atoms with van der Waals surface area (Å²) in [6, 6.07) is 13.9. The van der Waals surface area contributed by atoms with E-state index in [2.05, 4.69) is 127 Å². The summed E-state index contributed by atoms with van der Waals surface area (Å²) < 4.78 is 5.52. The lowest BCUT2D eigenvalue weighted by Gasteiger charge is -2.11. The van der Waals surface area contributed by atoms with Gasteiger partial charge in [0.25, 0.3) is 0 Å². The molecule has 0 spiro atoms. The van der Waals surface area contributed by atoms with Crippen molar-refractivity contribution in [2.45, 2.75) is 0 Å². The Morgan fingerprint density at radius 3 is 1.04 bits per heavy atom. The zero-order chi connectivity index (χ0) is 16.3. The van der Waals surface area contributed by atoms with Gasteiger partial charge in [-0.1, -0.05) is 36.4 Å². The van der Waals surface area contributed by atoms with Gasteiger partial charge >= 0.3 is 0 Å². The summed E-state index contributed by atoms with van der Waals surface area (Å²) in [6.07, 6.45) is 0. The van der Waals surface area contributed by atoms with Crippen molar-refractivity contribution in [1.82, 2.24) is 0 Å². The first-order valence-corrected chi connectivity index (χ1v) is 11.8. The molecule has 0 unspecified atom stereocenters. The molecule has 6 aromatic rings. The van der Waals surface area contributed by atoms with Crippen molar-refractivity contribution in [3.63, 3.8) is 0 Å². The Labute approximate surface area is 192 Å². The number of hydrogen-bond donors (Lipinski definition) is 0. The highest BCUT2D eigenvalue weighted by Gasteiger charge is 2.25. The lowest BCUT2D eigenvalue weighted by atomic mass is 10.00. The van der Waals surface area contributed by atoms with Crippen molar-refractivity contribution < 1.29 is 0 Å². The molecule has 0 bridgehead atoms. The zero-order valence-electron chi connectivity index (χ0n) is 12.0. The van der Waals surface area contributed by atoms with Gasteiger partial charge in [0.15, 0.2) is 0 Å². The average Bonchev–Trinajstić information content (AvgIpc) is 2.96. The van der Waals surface area contributed by atoms with Gasteiger partial charge in [0.2, 0.25) is 0 Å². The second-order valence-electron chi connectivity index (χ2n) is 6.24. The highest BCUT2D eigenvalue weighted by molar-refractivity contribution is 14.1. The Morgan fingerprint density at radius 1 is 0.375 bits per heavy atom. The molecule has 6 aromatic carbocycles. The second kappa shape index (κ2) is 4.98. The predicted molar refractivity (Wildman–Crippen MR) is 138 cm³/mol. The van der Waals surface area contributed by atoms with Crippen LogP contribution in [0.25, 0.3) is 53.9 Å². The molecule has 114 valence electrons. The van der Waals surface area contributed by atoms with Gasteiger partial charge in [-0.15, -0.1) is 0 Å². The van der Waals surface area contributed by atoms with E-state index >= 15 is 0 Å². The Morgan fingerprint density at radius 2 is 0.667 bits per heavy atom. The van der Waals surface area contributed by atoms with Gasteiger partial charge in [-0.25, -0.2) is 0 Å². The van der Waals surface area contributed by atoms with E-state index in [0.717, 1.165) is 0 Å². The maximum Gasteiger partial charge on any atom is 0.0349 e. The van der Waals surface area contributed by atoms with Gasteiger partial charge in [0, 0.05) is 14.3 Å². The van der Waals surface area contributed by atoms with Crippen molar-refractivity contribution in [2.75, 3.05) is 0 Å². The molecule has 0 fully saturated rings. The molecule has 0 amide bonds. The Hall–Kier alpha value is 0.320. The summed E-state index contributed by atoms with van der Waals surface area (Å²) in [5.41, 5.74) is 0. The van der Waals surface area contributed by atoms with Gasteiger partial charge in [-0.2, -0.15) is 0 Å². The summed E-state index contributed by atoms with van der Waals surface area (Å²) in [7, 11) is 0. The molecule has 4 heteroatoms. The third-order valence-corrected chi connectivity index (χ3v) is 11.8. The van der Waals surface area contributed by atoms with Crippen LogP contribution in [-0.2, 0) is 0 Å². The molecule has 24 heavy (non-hydrogen) atoms. The minimum absolute atomic E-state index is 1.36. The third-order valence-electron chi connectivity index (χ3n) is 5.22. The van der Waals surface area contributed by atoms with Crippen LogP contribution in [0.1, 0.15) is 0 Å². The molecule has 0 heterocycles. The molecule has 0 radical (unpaired) electrons. The van der Waals surface area contributed by atoms with Crippen molar-refractivity contribution in [3.05, 3.63) is 50.7 Å². The van der Waals surface area contributed by atoms with Crippen LogP contribution in [0, 0.1) is 14.3 Å². The average molecular weight is 754 g/mol. The molecule has 0 atom stereocenters. The minimum Gasteiger partial charge on any atom is -0.0537 e. The Balaban J connectivity index is 2.22. The van der Waals surface area contributed by atoms with Gasteiger partial charge in [-0.05, 0) is 144 Å². The number of benzene rings is 5. The van der Waals surface area contributed by atoms with Crippen LogP contribution in [0.4, 0.5) is 0 Å². The fourth-order valence-electron chi connectivity index (χ4n) is 4.26. The van der Waals surface area contributed by atoms with Gasteiger partial charge in [0.1, 0.15) is 0 Å². The summed E-state index contributed by atoms with van der Waals surface area (Å²) >= 11 is 10.1. The molecular formula is C20H6I4. The van der Waals surface area contributed by atoms with Crippen LogP contribution in [0.2, 0.25) is 0 Å². The first kappa shape index (κ1) is 15.4. The Kier molecular flexibility index (Phi) is 3.19. The highest BCUT2D eigenvalue weighted by atomic mass is 127. The van der Waals surface area contributed by atoms with Crippen LogP contribution in [0.5, 0.6) is 0 Å². The summed E-state index contributed by atoms with van der Waals surface area (Å²) in [4.78, 5) is 0. The first-order valence-electron chi connectivity index (χ1n) is 7.49. The molecular weight excluding hydrogens is 748 g/mol. The molecule has 0 saturated heterocycles. The monoisotopic (exact) mass is 754 g/mol. The fourth-order valence-corrected chi connectivity index (χ4v) is 7.22. The van der Waals surface area contributed by atoms with E-state index in [1.807, 2.05) is 0 Å². The van der Waals surface area contributed by atoms with Crippen molar-refractivity contribution in [1.29, 1.82) is 0 Å². The Bertz CT molecular complexity index is 1330. The standard InChI is InChI=1S/C20H6I4/c21-17-8-3-1-7-2-4-9-14-12(7)13(8)15-10(19(17)23)5-6-11(16(14)15)20(24)18(9)22/h1-6H. The maximum atomic E-state index is 2.52. The second-order valence-corrected chi connectivity index (χ2v) is 10.6. The largest absolute Gasteiger partial charge is 0.0537 e. The van der Waals surface area contributed by atoms with E-state index in [1.54, 1.807) is 0 Å². The lowest BCUT2D eigenvalue weighted by molar-refractivity contribution is 1.73. The van der Waals surface area contributed by atoms with E-state index in [4.69, 9.17) is 0 Å². The van der Waals surface area contributed by atoms with Crippen LogP contribution < -0.4 is 0 Å². The zero-order valence-corrected chi connectivity index (χ0v) is 20.6. The van der Waals surface area contributed by atoms with Crippen LogP contribution in [0.15, 0.2) is 36.4 Å². The SMILES string of the molecule is Ic1c(I)c2ccc3c(I)c(I)c4ccc5ccc1c1c5c4c3c21. The smallest absolute Gasteiger partial charge is 0.0349 e. The summed E-state index contributed by atoms with van der Waals surface area (Å²) in [6.45, 7) is 0. The molecule has 0 aliphatic rings. The third kappa shape index (κ3) is 1.61. The van der Waals surface area contributed by atoms with Crippen molar-refractivity contribution in [2.24, 2.45) is 0 Å². The van der Waals surface area contributed by atoms with Crippen molar-refractivity contribution in [3.8, 4) is 0 Å². The van der Waals surface area contributed by atoms with E-state index in [9.17, 15) is 0 Å². The quantitative estimate of drug-likeness (QED) is 0.109. The van der Waals surface area contributed by atoms with Gasteiger partial charge in [-0.3, -0.25) is 0 Å². The van der Waals surface area contributed by atoms with Crippen molar-refractivity contribution >= 4 is 144 Å². The number of hydrogen-bond acceptors (Lipinski definition) is 0. The molecule has 6 rings (SSSR count). The van der Waals surface area contributed by atoms with Crippen LogP contribution >= 0.6 is 90.4 Å². The lowest BCUT2D eigenvalue weighted by Crippen LogP contribution is -1.89. The minimum atomic E-state index is 1.36. The maximum absolute atomic E-state index is 2.52. The fraction of sp³-hybridized carbons (Fsp3) is 0. The van der Waals surface area contributed by atoms with E-state index in [1.165, 1.54) is 68.1 Å².